The molecule has 1 amide bonds. The predicted octanol–water partition coefficient (Wildman–Crippen LogP) is 3.78. The van der Waals surface area contributed by atoms with Gasteiger partial charge in [0, 0.05) is 11.6 Å². The smallest absolute Gasteiger partial charge is 0.418 e. The van der Waals surface area contributed by atoms with Crippen LogP contribution < -0.4 is 10.6 Å². The van der Waals surface area contributed by atoms with Crippen molar-refractivity contribution in [2.75, 3.05) is 32.5 Å². The number of likely N-dealkylation sites (N-methyl/N-ethyl adjacent to an activating group) is 1. The van der Waals surface area contributed by atoms with Gasteiger partial charge in [0.15, 0.2) is 0 Å². The maximum atomic E-state index is 13.0. The molecule has 2 rings (SSSR count). The fourth-order valence-electron chi connectivity index (χ4n) is 2.40. The minimum Gasteiger partial charge on any atom is -0.468 e. The molecule has 0 radical (unpaired) electrons. The summed E-state index contributed by atoms with van der Waals surface area (Å²) >= 11 is 5.62. The summed E-state index contributed by atoms with van der Waals surface area (Å²) in [5, 5.41) is 5.13. The lowest BCUT2D eigenvalue weighted by Crippen LogP contribution is -2.35. The van der Waals surface area contributed by atoms with Gasteiger partial charge in [0.25, 0.3) is 0 Å². The third-order valence-electron chi connectivity index (χ3n) is 3.68. The van der Waals surface area contributed by atoms with E-state index in [1.54, 1.807) is 12.3 Å². The van der Waals surface area contributed by atoms with Gasteiger partial charge < -0.3 is 15.1 Å². The van der Waals surface area contributed by atoms with Crippen molar-refractivity contribution >= 4 is 23.2 Å². The minimum atomic E-state index is -4.61. The Morgan fingerprint density at radius 2 is 2.04 bits per heavy atom. The zero-order valence-electron chi connectivity index (χ0n) is 14.2. The number of hydrogen-bond acceptors (Lipinski definition) is 4. The third kappa shape index (κ3) is 5.48. The standard InChI is InChI=1S/C17H19ClF3N3O2/c1-24(2)14(15-4-3-7-26-15)9-22-10-16(25)23-13-6-5-11(18)8-12(13)17(19,20)21/h3-8,14,22H,9-10H2,1-2H3,(H,23,25)/t14-/m0/s1. The number of anilines is 1. The van der Waals surface area contributed by atoms with Crippen LogP contribution in [0, 0.1) is 0 Å². The topological polar surface area (TPSA) is 57.5 Å². The molecule has 0 spiro atoms. The lowest BCUT2D eigenvalue weighted by Gasteiger charge is -2.22. The van der Waals surface area contributed by atoms with E-state index < -0.39 is 17.6 Å². The molecule has 0 bridgehead atoms. The van der Waals surface area contributed by atoms with Crippen LogP contribution in [0.25, 0.3) is 0 Å². The van der Waals surface area contributed by atoms with Crippen LogP contribution in [-0.2, 0) is 11.0 Å². The lowest BCUT2D eigenvalue weighted by molar-refractivity contribution is -0.137. The highest BCUT2D eigenvalue weighted by molar-refractivity contribution is 6.30. The van der Waals surface area contributed by atoms with Crippen molar-refractivity contribution < 1.29 is 22.4 Å². The number of nitrogens with zero attached hydrogens (tertiary/aromatic N) is 1. The summed E-state index contributed by atoms with van der Waals surface area (Å²) in [5.74, 6) is 0.134. The van der Waals surface area contributed by atoms with E-state index in [0.29, 0.717) is 6.54 Å². The van der Waals surface area contributed by atoms with Crippen molar-refractivity contribution in [1.82, 2.24) is 10.2 Å². The zero-order chi connectivity index (χ0) is 19.3. The number of nitrogens with one attached hydrogen (secondary N) is 2. The number of halogens is 4. The Morgan fingerprint density at radius 1 is 1.31 bits per heavy atom. The maximum Gasteiger partial charge on any atom is 0.418 e. The number of carbonyl (C=O) groups is 1. The first kappa shape index (κ1) is 20.3. The van der Waals surface area contributed by atoms with Crippen LogP contribution >= 0.6 is 11.6 Å². The molecule has 0 saturated carbocycles. The van der Waals surface area contributed by atoms with Crippen molar-refractivity contribution in [3.63, 3.8) is 0 Å². The molecule has 0 aliphatic rings. The van der Waals surface area contributed by atoms with E-state index in [1.165, 1.54) is 6.07 Å². The molecule has 142 valence electrons. The molecule has 0 aliphatic heterocycles. The Bertz CT molecular complexity index is 733. The fourth-order valence-corrected chi connectivity index (χ4v) is 2.57. The first-order valence-corrected chi connectivity index (χ1v) is 8.13. The molecular weight excluding hydrogens is 371 g/mol. The van der Waals surface area contributed by atoms with Gasteiger partial charge >= 0.3 is 6.18 Å². The van der Waals surface area contributed by atoms with Gasteiger partial charge in [-0.25, -0.2) is 0 Å². The molecule has 1 heterocycles. The number of alkyl halides is 3. The summed E-state index contributed by atoms with van der Waals surface area (Å²) in [7, 11) is 3.72. The van der Waals surface area contributed by atoms with E-state index in [-0.39, 0.29) is 23.3 Å². The second-order valence-corrected chi connectivity index (χ2v) is 6.30. The molecule has 0 aliphatic carbocycles. The Hall–Kier alpha value is -2.03. The summed E-state index contributed by atoms with van der Waals surface area (Å²) in [4.78, 5) is 13.9. The van der Waals surface area contributed by atoms with Gasteiger partial charge in [-0.1, -0.05) is 11.6 Å². The van der Waals surface area contributed by atoms with Crippen LogP contribution in [0.2, 0.25) is 5.02 Å². The van der Waals surface area contributed by atoms with Crippen LogP contribution in [0.3, 0.4) is 0 Å². The third-order valence-corrected chi connectivity index (χ3v) is 3.91. The van der Waals surface area contributed by atoms with E-state index >= 15 is 0 Å². The highest BCUT2D eigenvalue weighted by Crippen LogP contribution is 2.36. The Morgan fingerprint density at radius 3 is 2.62 bits per heavy atom. The Kier molecular flexibility index (Phi) is 6.69. The number of rotatable bonds is 7. The molecule has 1 atom stereocenters. The maximum absolute atomic E-state index is 13.0. The summed E-state index contributed by atoms with van der Waals surface area (Å²) in [6.07, 6.45) is -3.06. The van der Waals surface area contributed by atoms with Crippen LogP contribution in [0.1, 0.15) is 17.4 Å². The Labute approximate surface area is 154 Å². The number of furan rings is 1. The quantitative estimate of drug-likeness (QED) is 0.756. The highest BCUT2D eigenvalue weighted by atomic mass is 35.5. The first-order chi connectivity index (χ1) is 12.2. The molecule has 1 aromatic carbocycles. The molecular formula is C17H19ClF3N3O2. The van der Waals surface area contributed by atoms with Gasteiger partial charge in [-0.15, -0.1) is 0 Å². The second kappa shape index (κ2) is 8.57. The number of amides is 1. The molecule has 5 nitrogen and oxygen atoms in total. The number of carbonyl (C=O) groups excluding carboxylic acids is 1. The number of benzene rings is 1. The van der Waals surface area contributed by atoms with Crippen molar-refractivity contribution in [3.05, 3.63) is 52.9 Å². The van der Waals surface area contributed by atoms with E-state index in [0.717, 1.165) is 17.9 Å². The molecule has 26 heavy (non-hydrogen) atoms. The van der Waals surface area contributed by atoms with E-state index in [2.05, 4.69) is 10.6 Å². The monoisotopic (exact) mass is 389 g/mol. The molecule has 0 saturated heterocycles. The van der Waals surface area contributed by atoms with E-state index in [4.69, 9.17) is 16.0 Å². The average molecular weight is 390 g/mol. The van der Waals surface area contributed by atoms with Crippen LogP contribution in [0.4, 0.5) is 18.9 Å². The SMILES string of the molecule is CN(C)[C@@H](CNCC(=O)Nc1ccc(Cl)cc1C(F)(F)F)c1ccco1. The minimum absolute atomic E-state index is 0.0549. The predicted molar refractivity (Wildman–Crippen MR) is 93.1 cm³/mol. The zero-order valence-corrected chi connectivity index (χ0v) is 15.0. The van der Waals surface area contributed by atoms with Gasteiger partial charge in [0.2, 0.25) is 5.91 Å². The summed E-state index contributed by atoms with van der Waals surface area (Å²) in [6, 6.07) is 6.67. The molecule has 0 unspecified atom stereocenters. The first-order valence-electron chi connectivity index (χ1n) is 7.75. The summed E-state index contributed by atoms with van der Waals surface area (Å²) in [6.45, 7) is 0.242. The number of hydrogen-bond donors (Lipinski definition) is 2. The van der Waals surface area contributed by atoms with Crippen molar-refractivity contribution in [3.8, 4) is 0 Å². The Balaban J connectivity index is 1.95. The molecule has 1 aromatic heterocycles. The second-order valence-electron chi connectivity index (χ2n) is 5.86. The van der Waals surface area contributed by atoms with E-state index in [9.17, 15) is 18.0 Å². The van der Waals surface area contributed by atoms with Crippen LogP contribution in [0.5, 0.6) is 0 Å². The van der Waals surface area contributed by atoms with Gasteiger partial charge in [-0.3, -0.25) is 9.69 Å². The van der Waals surface area contributed by atoms with Crippen LogP contribution in [-0.4, -0.2) is 38.0 Å². The van der Waals surface area contributed by atoms with Gasteiger partial charge in [-0.05, 0) is 44.4 Å². The normalized spacial score (nSPS) is 13.0. The molecule has 2 N–H and O–H groups in total. The van der Waals surface area contributed by atoms with Crippen LogP contribution in [0.15, 0.2) is 41.0 Å². The van der Waals surface area contributed by atoms with Crippen molar-refractivity contribution in [1.29, 1.82) is 0 Å². The molecule has 2 aromatic rings. The van der Waals surface area contributed by atoms with Gasteiger partial charge in [0.1, 0.15) is 5.76 Å². The molecule has 0 fully saturated rings. The fraction of sp³-hybridized carbons (Fsp3) is 0.353. The summed E-state index contributed by atoms with van der Waals surface area (Å²) in [5.41, 5.74) is -1.32. The largest absolute Gasteiger partial charge is 0.468 e. The lowest BCUT2D eigenvalue weighted by atomic mass is 10.1. The summed E-state index contributed by atoms with van der Waals surface area (Å²) < 4.78 is 44.5. The average Bonchev–Trinajstić information content (AvgIpc) is 3.06. The van der Waals surface area contributed by atoms with Gasteiger partial charge in [-0.2, -0.15) is 13.2 Å². The van der Waals surface area contributed by atoms with Crippen molar-refractivity contribution in [2.24, 2.45) is 0 Å². The highest BCUT2D eigenvalue weighted by Gasteiger charge is 2.34. The molecule has 9 heteroatoms. The van der Waals surface area contributed by atoms with E-state index in [1.807, 2.05) is 25.1 Å². The van der Waals surface area contributed by atoms with Gasteiger partial charge in [0.05, 0.1) is 30.1 Å². The van der Waals surface area contributed by atoms with Crippen molar-refractivity contribution in [2.45, 2.75) is 12.2 Å².